The molecule has 21 heteroatoms. The van der Waals surface area contributed by atoms with Gasteiger partial charge in [-0.1, -0.05) is 22.7 Å². The number of hydrogen-bond donors (Lipinski definition) is 3. The molecule has 4 heterocycles. The number of nitrogens with zero attached hydrogens (tertiary/aromatic N) is 6. The van der Waals surface area contributed by atoms with Gasteiger partial charge in [0.05, 0.1) is 6.04 Å². The maximum absolute atomic E-state index is 12.9. The lowest BCUT2D eigenvalue weighted by Gasteiger charge is -2.29. The summed E-state index contributed by atoms with van der Waals surface area (Å²) in [5, 5.41) is 31.6. The Kier molecular flexibility index (Phi) is 10.8. The van der Waals surface area contributed by atoms with Gasteiger partial charge >= 0.3 is 18.3 Å². The first-order valence-electron chi connectivity index (χ1n) is 13.0. The van der Waals surface area contributed by atoms with Crippen molar-refractivity contribution in [3.63, 3.8) is 0 Å². The minimum Gasteiger partial charge on any atom is -0.370 e. The molecule has 0 bridgehead atoms. The predicted octanol–water partition coefficient (Wildman–Crippen LogP) is 2.68. The molecule has 0 spiro atoms. The topological polar surface area (TPSA) is 154 Å². The zero-order valence-electron chi connectivity index (χ0n) is 22.2. The number of hydrogen-bond acceptors (Lipinski definition) is 12. The highest BCUT2D eigenvalue weighted by Crippen LogP contribution is 2.30. The van der Waals surface area contributed by atoms with E-state index < -0.39 is 48.4 Å². The Morgan fingerprint density at radius 3 is 1.91 bits per heavy atom. The largest absolute Gasteiger partial charge is 0.471 e. The highest BCUT2D eigenvalue weighted by Gasteiger charge is 2.49. The summed E-state index contributed by atoms with van der Waals surface area (Å²) in [6.07, 6.45) is -10.7. The summed E-state index contributed by atoms with van der Waals surface area (Å²) in [7, 11) is 0. The molecule has 238 valence electrons. The van der Waals surface area contributed by atoms with Crippen molar-refractivity contribution in [2.45, 2.75) is 69.2 Å². The Bertz CT molecular complexity index is 1290. The van der Waals surface area contributed by atoms with Crippen molar-refractivity contribution < 1.29 is 45.8 Å². The molecule has 3 unspecified atom stereocenters. The van der Waals surface area contributed by atoms with Gasteiger partial charge in [0.1, 0.15) is 16.1 Å². The normalized spacial score (nSPS) is 20.4. The fraction of sp³-hybridized carbons (Fsp3) is 0.682. The minimum atomic E-state index is -5.06. The Balaban J connectivity index is 1.16. The smallest absolute Gasteiger partial charge is 0.370 e. The molecule has 2 fully saturated rings. The van der Waals surface area contributed by atoms with Gasteiger partial charge in [-0.2, -0.15) is 38.1 Å². The summed E-state index contributed by atoms with van der Waals surface area (Å²) in [4.78, 5) is 37.8. The zero-order chi connectivity index (χ0) is 31.4. The molecule has 2 aromatic heterocycles. The van der Waals surface area contributed by atoms with E-state index in [0.717, 1.165) is 22.7 Å². The first-order valence-corrected chi connectivity index (χ1v) is 15.8. The van der Waals surface area contributed by atoms with Gasteiger partial charge < -0.3 is 10.0 Å². The third-order valence-corrected chi connectivity index (χ3v) is 9.36. The molecule has 3 amide bonds. The van der Waals surface area contributed by atoms with Crippen molar-refractivity contribution in [2.24, 2.45) is 0 Å². The molecular formula is C22H26F6N8O4S3. The zero-order valence-corrected chi connectivity index (χ0v) is 24.6. The number of thioether (sulfide) groups is 1. The van der Waals surface area contributed by atoms with Crippen LogP contribution in [0.4, 0.5) is 36.6 Å². The molecule has 43 heavy (non-hydrogen) atoms. The molecule has 2 aromatic rings. The van der Waals surface area contributed by atoms with E-state index in [0.29, 0.717) is 50.6 Å². The number of alkyl halides is 6. The van der Waals surface area contributed by atoms with Crippen LogP contribution >= 0.6 is 34.4 Å². The number of rotatable bonds is 11. The van der Waals surface area contributed by atoms with E-state index in [4.69, 9.17) is 0 Å². The summed E-state index contributed by atoms with van der Waals surface area (Å²) in [6.45, 7) is -0.214. The van der Waals surface area contributed by atoms with Gasteiger partial charge in [-0.25, -0.2) is 0 Å². The second-order valence-electron chi connectivity index (χ2n) is 9.56. The standard InChI is InChI=1S/C22H26F6N8O4S3/c23-21(24,25)17(39)35-7-1-3-11(35)15(37)29-19-33-31-13(42-19)5-9-41-10-6-14-32-34-20(43-14)30-16(38)12-4-2-8-36(12)18(40)22(26,27)28/h11-12,17,39H,1-10H2,(H,29,33,37)(H,30,34,38). The highest BCUT2D eigenvalue weighted by atomic mass is 32.2. The third-order valence-electron chi connectivity index (χ3n) is 6.58. The number of amides is 3. The first-order chi connectivity index (χ1) is 20.2. The summed E-state index contributed by atoms with van der Waals surface area (Å²) in [6, 6.07) is -2.37. The molecule has 12 nitrogen and oxygen atoms in total. The summed E-state index contributed by atoms with van der Waals surface area (Å²) >= 11 is 3.72. The van der Waals surface area contributed by atoms with Crippen LogP contribution in [0.25, 0.3) is 0 Å². The number of aryl methyl sites for hydroxylation is 2. The fourth-order valence-corrected chi connectivity index (χ4v) is 7.23. The number of anilines is 2. The Labute approximate surface area is 252 Å². The number of carbonyl (C=O) groups is 3. The second kappa shape index (κ2) is 14.0. The van der Waals surface area contributed by atoms with E-state index in [9.17, 15) is 45.8 Å². The summed E-state index contributed by atoms with van der Waals surface area (Å²) < 4.78 is 77.1. The lowest BCUT2D eigenvalue weighted by Crippen LogP contribution is -2.51. The maximum atomic E-state index is 12.9. The second-order valence-corrected chi connectivity index (χ2v) is 12.9. The molecule has 0 aliphatic carbocycles. The van der Waals surface area contributed by atoms with Gasteiger partial charge in [0.15, 0.2) is 0 Å². The van der Waals surface area contributed by atoms with Crippen LogP contribution in [0.15, 0.2) is 0 Å². The van der Waals surface area contributed by atoms with E-state index in [1.807, 2.05) is 0 Å². The van der Waals surface area contributed by atoms with Crippen LogP contribution in [-0.4, -0.2) is 108 Å². The summed E-state index contributed by atoms with van der Waals surface area (Å²) in [5.41, 5.74) is 0. The maximum Gasteiger partial charge on any atom is 0.471 e. The van der Waals surface area contributed by atoms with Crippen LogP contribution in [0, 0.1) is 0 Å². The number of carbonyl (C=O) groups excluding carboxylic acids is 3. The fourth-order valence-electron chi connectivity index (χ4n) is 4.61. The Morgan fingerprint density at radius 1 is 0.860 bits per heavy atom. The molecular weight excluding hydrogens is 650 g/mol. The van der Waals surface area contributed by atoms with Crippen LogP contribution in [0.1, 0.15) is 35.7 Å². The van der Waals surface area contributed by atoms with E-state index in [1.165, 1.54) is 0 Å². The van der Waals surface area contributed by atoms with Crippen LogP contribution in [0.3, 0.4) is 0 Å². The average molecular weight is 677 g/mol. The quantitative estimate of drug-likeness (QED) is 0.239. The number of aliphatic hydroxyl groups excluding tert-OH is 1. The predicted molar refractivity (Wildman–Crippen MR) is 144 cm³/mol. The molecule has 0 aromatic carbocycles. The number of nitrogens with one attached hydrogen (secondary N) is 2. The van der Waals surface area contributed by atoms with Crippen LogP contribution in [0.5, 0.6) is 0 Å². The molecule has 2 aliphatic rings. The van der Waals surface area contributed by atoms with Gasteiger partial charge in [0, 0.05) is 25.9 Å². The van der Waals surface area contributed by atoms with Crippen molar-refractivity contribution in [3.05, 3.63) is 10.0 Å². The van der Waals surface area contributed by atoms with Gasteiger partial charge in [0.2, 0.25) is 28.3 Å². The van der Waals surface area contributed by atoms with E-state index in [1.54, 1.807) is 11.8 Å². The van der Waals surface area contributed by atoms with Crippen LogP contribution in [0.2, 0.25) is 0 Å². The average Bonchev–Trinajstić information content (AvgIpc) is 3.74. The molecule has 2 saturated heterocycles. The monoisotopic (exact) mass is 676 g/mol. The minimum absolute atomic E-state index is 0.0584. The summed E-state index contributed by atoms with van der Waals surface area (Å²) in [5.74, 6) is -2.24. The van der Waals surface area contributed by atoms with Gasteiger partial charge in [-0.15, -0.1) is 20.4 Å². The molecule has 3 atom stereocenters. The van der Waals surface area contributed by atoms with Crippen molar-refractivity contribution in [1.29, 1.82) is 0 Å². The SMILES string of the molecule is O=C(Nc1nnc(CCSCCc2nnc(NC(=O)C3CCCN3C(O)C(F)(F)F)s2)s1)C1CCCN1C(=O)C(F)(F)F. The number of aliphatic hydroxyl groups is 1. The Morgan fingerprint density at radius 2 is 1.37 bits per heavy atom. The molecule has 2 aliphatic heterocycles. The van der Waals surface area contributed by atoms with Crippen molar-refractivity contribution in [1.82, 2.24) is 30.2 Å². The van der Waals surface area contributed by atoms with Gasteiger partial charge in [-0.05, 0) is 37.2 Å². The van der Waals surface area contributed by atoms with Crippen molar-refractivity contribution >= 4 is 62.4 Å². The molecule has 3 N–H and O–H groups in total. The third kappa shape index (κ3) is 8.73. The van der Waals surface area contributed by atoms with Gasteiger partial charge in [0.25, 0.3) is 0 Å². The number of halogens is 6. The van der Waals surface area contributed by atoms with Crippen LogP contribution < -0.4 is 10.6 Å². The molecule has 4 rings (SSSR count). The van der Waals surface area contributed by atoms with E-state index in [-0.39, 0.29) is 42.6 Å². The first kappa shape index (κ1) is 33.3. The van der Waals surface area contributed by atoms with Crippen molar-refractivity contribution in [2.75, 3.05) is 35.2 Å². The van der Waals surface area contributed by atoms with E-state index >= 15 is 0 Å². The number of likely N-dealkylation sites (tertiary alicyclic amines) is 2. The highest BCUT2D eigenvalue weighted by molar-refractivity contribution is 7.99. The van der Waals surface area contributed by atoms with Gasteiger partial charge in [-0.3, -0.25) is 29.9 Å². The lowest BCUT2D eigenvalue weighted by molar-refractivity contribution is -0.251. The Hall–Kier alpha value is -2.62. The molecule has 0 radical (unpaired) electrons. The van der Waals surface area contributed by atoms with Crippen LogP contribution in [-0.2, 0) is 27.2 Å². The van der Waals surface area contributed by atoms with Crippen molar-refractivity contribution in [3.8, 4) is 0 Å². The van der Waals surface area contributed by atoms with E-state index in [2.05, 4.69) is 31.0 Å². The lowest BCUT2D eigenvalue weighted by atomic mass is 10.2. The molecule has 0 saturated carbocycles. The number of aromatic nitrogens is 4.